The summed E-state index contributed by atoms with van der Waals surface area (Å²) in [5.74, 6) is 0.452. The minimum atomic E-state index is -4.41. The Hall–Kier alpha value is -0.580. The molecule has 0 fully saturated rings. The highest BCUT2D eigenvalue weighted by molar-refractivity contribution is 7.46. The van der Waals surface area contributed by atoms with Gasteiger partial charge in [0.2, 0.25) is 0 Å². The average Bonchev–Trinajstić information content (AvgIpc) is 2.13. The molecule has 0 aliphatic rings. The highest BCUT2D eigenvalue weighted by Gasteiger charge is 2.12. The molecule has 0 aliphatic carbocycles. The van der Waals surface area contributed by atoms with Crippen LogP contribution in [0.5, 0.6) is 5.75 Å². The Morgan fingerprint density at radius 2 is 1.93 bits per heavy atom. The van der Waals surface area contributed by atoms with Crippen molar-refractivity contribution in [2.24, 2.45) is 0 Å². The Balaban J connectivity index is 2.33. The minimum absolute atomic E-state index is 0.0227. The number of hydrogen-bond donors (Lipinski definition) is 2. The van der Waals surface area contributed by atoms with Gasteiger partial charge in [-0.25, -0.2) is 4.57 Å². The van der Waals surface area contributed by atoms with Crippen molar-refractivity contribution >= 4 is 19.4 Å². The number of ether oxygens (including phenoxy) is 1. The van der Waals surface area contributed by atoms with E-state index >= 15 is 0 Å². The molecule has 15 heavy (non-hydrogen) atoms. The standard InChI is InChI=1S/C8H10ClO5P/c9-7-3-1-2-4-8(7)13-5-6-14-15(10,11)12/h1-4H,5-6H2,(H2,10,11,12). The smallest absolute Gasteiger partial charge is 0.469 e. The zero-order chi connectivity index (χ0) is 11.3. The van der Waals surface area contributed by atoms with Crippen LogP contribution in [-0.4, -0.2) is 23.0 Å². The normalized spacial score (nSPS) is 11.4. The molecule has 0 aromatic heterocycles. The summed E-state index contributed by atoms with van der Waals surface area (Å²) in [6, 6.07) is 6.80. The van der Waals surface area contributed by atoms with Crippen LogP contribution in [0.15, 0.2) is 24.3 Å². The van der Waals surface area contributed by atoms with E-state index in [1.165, 1.54) is 0 Å². The van der Waals surface area contributed by atoms with Crippen molar-refractivity contribution in [3.8, 4) is 5.75 Å². The summed E-state index contributed by atoms with van der Waals surface area (Å²) < 4.78 is 19.6. The SMILES string of the molecule is O=P(O)(O)OCCOc1ccccc1Cl. The van der Waals surface area contributed by atoms with E-state index in [0.29, 0.717) is 10.8 Å². The molecule has 1 rings (SSSR count). The van der Waals surface area contributed by atoms with Crippen LogP contribution in [0.2, 0.25) is 5.02 Å². The van der Waals surface area contributed by atoms with Gasteiger partial charge in [0.1, 0.15) is 12.4 Å². The Bertz CT molecular complexity index is 364. The lowest BCUT2D eigenvalue weighted by atomic mass is 10.3. The van der Waals surface area contributed by atoms with E-state index in [1.54, 1.807) is 24.3 Å². The predicted octanol–water partition coefficient (Wildman–Crippen LogP) is 1.83. The first kappa shape index (κ1) is 12.5. The molecule has 0 atom stereocenters. The number of hydrogen-bond acceptors (Lipinski definition) is 3. The summed E-state index contributed by atoms with van der Waals surface area (Å²) in [7, 11) is -4.41. The van der Waals surface area contributed by atoms with Crippen LogP contribution in [0.1, 0.15) is 0 Å². The van der Waals surface area contributed by atoms with Crippen molar-refractivity contribution in [2.75, 3.05) is 13.2 Å². The van der Waals surface area contributed by atoms with Crippen LogP contribution in [0, 0.1) is 0 Å². The van der Waals surface area contributed by atoms with E-state index in [9.17, 15) is 4.57 Å². The highest BCUT2D eigenvalue weighted by atomic mass is 35.5. The lowest BCUT2D eigenvalue weighted by Crippen LogP contribution is -2.05. The summed E-state index contributed by atoms with van der Waals surface area (Å²) in [6.07, 6.45) is 0. The molecule has 0 amide bonds. The molecule has 0 radical (unpaired) electrons. The van der Waals surface area contributed by atoms with E-state index in [-0.39, 0.29) is 13.2 Å². The van der Waals surface area contributed by atoms with Crippen LogP contribution in [0.3, 0.4) is 0 Å². The van der Waals surface area contributed by atoms with Crippen LogP contribution in [0.4, 0.5) is 0 Å². The summed E-state index contributed by atoms with van der Waals surface area (Å²) in [4.78, 5) is 16.8. The molecule has 2 N–H and O–H groups in total. The number of benzene rings is 1. The molecule has 1 aromatic carbocycles. The number of phosphoric acid groups is 1. The topological polar surface area (TPSA) is 76.0 Å². The molecule has 1 aromatic rings. The van der Waals surface area contributed by atoms with Gasteiger partial charge in [-0.2, -0.15) is 0 Å². The van der Waals surface area contributed by atoms with Crippen molar-refractivity contribution in [2.45, 2.75) is 0 Å². The largest absolute Gasteiger partial charge is 0.490 e. The zero-order valence-electron chi connectivity index (χ0n) is 7.67. The molecule has 0 heterocycles. The summed E-state index contributed by atoms with van der Waals surface area (Å²) >= 11 is 5.77. The minimum Gasteiger partial charge on any atom is -0.490 e. The second kappa shape index (κ2) is 5.49. The van der Waals surface area contributed by atoms with Gasteiger partial charge in [0.25, 0.3) is 0 Å². The van der Waals surface area contributed by atoms with Crippen LogP contribution < -0.4 is 4.74 Å². The Morgan fingerprint density at radius 3 is 2.53 bits per heavy atom. The molecule has 0 saturated carbocycles. The van der Waals surface area contributed by atoms with Crippen LogP contribution in [0.25, 0.3) is 0 Å². The van der Waals surface area contributed by atoms with Gasteiger partial charge in [0.15, 0.2) is 0 Å². The third kappa shape index (κ3) is 5.16. The lowest BCUT2D eigenvalue weighted by molar-refractivity contribution is 0.160. The Kier molecular flexibility index (Phi) is 4.57. The molecule has 0 aliphatic heterocycles. The molecular weight excluding hydrogens is 243 g/mol. The van der Waals surface area contributed by atoms with E-state index < -0.39 is 7.82 Å². The molecular formula is C8H10ClO5P. The first-order valence-electron chi connectivity index (χ1n) is 4.06. The average molecular weight is 253 g/mol. The van der Waals surface area contributed by atoms with Gasteiger partial charge in [0.05, 0.1) is 11.6 Å². The van der Waals surface area contributed by atoms with Gasteiger partial charge in [-0.15, -0.1) is 0 Å². The third-order valence-electron chi connectivity index (χ3n) is 1.44. The second-order valence-corrected chi connectivity index (χ2v) is 4.25. The van der Waals surface area contributed by atoms with Crippen molar-refractivity contribution < 1.29 is 23.6 Å². The maximum absolute atomic E-state index is 10.3. The van der Waals surface area contributed by atoms with Gasteiger partial charge in [-0.05, 0) is 12.1 Å². The highest BCUT2D eigenvalue weighted by Crippen LogP contribution is 2.35. The fourth-order valence-electron chi connectivity index (χ4n) is 0.870. The molecule has 0 spiro atoms. The van der Waals surface area contributed by atoms with Gasteiger partial charge in [-0.3, -0.25) is 4.52 Å². The molecule has 5 nitrogen and oxygen atoms in total. The monoisotopic (exact) mass is 252 g/mol. The fraction of sp³-hybridized carbons (Fsp3) is 0.250. The number of halogens is 1. The molecule has 7 heteroatoms. The van der Waals surface area contributed by atoms with E-state index in [1.807, 2.05) is 0 Å². The Morgan fingerprint density at radius 1 is 1.27 bits per heavy atom. The predicted molar refractivity (Wildman–Crippen MR) is 54.9 cm³/mol. The molecule has 0 unspecified atom stereocenters. The number of phosphoric ester groups is 1. The van der Waals surface area contributed by atoms with Gasteiger partial charge >= 0.3 is 7.82 Å². The maximum Gasteiger partial charge on any atom is 0.469 e. The second-order valence-electron chi connectivity index (χ2n) is 2.60. The van der Waals surface area contributed by atoms with Crippen LogP contribution >= 0.6 is 19.4 Å². The third-order valence-corrected chi connectivity index (χ3v) is 2.27. The Labute approximate surface area is 91.8 Å². The van der Waals surface area contributed by atoms with Gasteiger partial charge < -0.3 is 14.5 Å². The van der Waals surface area contributed by atoms with Crippen molar-refractivity contribution in [1.82, 2.24) is 0 Å². The first-order chi connectivity index (χ1) is 6.99. The molecule has 0 bridgehead atoms. The van der Waals surface area contributed by atoms with E-state index in [2.05, 4.69) is 4.52 Å². The number of para-hydroxylation sites is 1. The zero-order valence-corrected chi connectivity index (χ0v) is 9.32. The van der Waals surface area contributed by atoms with E-state index in [0.717, 1.165) is 0 Å². The lowest BCUT2D eigenvalue weighted by Gasteiger charge is -2.08. The van der Waals surface area contributed by atoms with Crippen LogP contribution in [-0.2, 0) is 9.09 Å². The maximum atomic E-state index is 10.3. The van der Waals surface area contributed by atoms with Crippen molar-refractivity contribution in [3.63, 3.8) is 0 Å². The number of rotatable bonds is 5. The summed E-state index contributed by atoms with van der Waals surface area (Å²) in [6.45, 7) is -0.176. The summed E-state index contributed by atoms with van der Waals surface area (Å²) in [5.41, 5.74) is 0. The van der Waals surface area contributed by atoms with Gasteiger partial charge in [0, 0.05) is 0 Å². The first-order valence-corrected chi connectivity index (χ1v) is 5.97. The van der Waals surface area contributed by atoms with Crippen molar-refractivity contribution in [1.29, 1.82) is 0 Å². The fourth-order valence-corrected chi connectivity index (χ4v) is 1.37. The quantitative estimate of drug-likeness (QED) is 0.618. The van der Waals surface area contributed by atoms with Gasteiger partial charge in [-0.1, -0.05) is 23.7 Å². The molecule has 0 saturated heterocycles. The molecule has 84 valence electrons. The summed E-state index contributed by atoms with van der Waals surface area (Å²) in [5, 5.41) is 0.439. The van der Waals surface area contributed by atoms with E-state index in [4.69, 9.17) is 26.1 Å². The van der Waals surface area contributed by atoms with Crippen molar-refractivity contribution in [3.05, 3.63) is 29.3 Å².